The van der Waals surface area contributed by atoms with Gasteiger partial charge in [0.1, 0.15) is 5.69 Å². The zero-order chi connectivity index (χ0) is 21.3. The van der Waals surface area contributed by atoms with Crippen LogP contribution in [0.15, 0.2) is 24.3 Å². The highest BCUT2D eigenvalue weighted by molar-refractivity contribution is 5.93. The molecule has 30 heavy (non-hydrogen) atoms. The van der Waals surface area contributed by atoms with Crippen molar-refractivity contribution in [2.75, 3.05) is 39.4 Å². The minimum absolute atomic E-state index is 0.192. The lowest BCUT2D eigenvalue weighted by molar-refractivity contribution is -0.140. The lowest BCUT2D eigenvalue weighted by atomic mass is 10.2. The number of rotatable bonds is 5. The predicted molar refractivity (Wildman–Crippen MR) is 103 cm³/mol. The minimum Gasteiger partial charge on any atom is -0.379 e. The maximum atomic E-state index is 12.9. The first-order valence-corrected chi connectivity index (χ1v) is 9.51. The summed E-state index contributed by atoms with van der Waals surface area (Å²) in [6.45, 7) is 4.29. The van der Waals surface area contributed by atoms with Crippen LogP contribution in [0.1, 0.15) is 16.2 Å². The molecule has 8 nitrogen and oxygen atoms in total. The van der Waals surface area contributed by atoms with Crippen LogP contribution in [-0.4, -0.2) is 69.9 Å². The Hall–Kier alpha value is -2.92. The number of alkyl halides is 3. The largest absolute Gasteiger partial charge is 0.433 e. The van der Waals surface area contributed by atoms with Crippen LogP contribution in [0.4, 0.5) is 13.2 Å². The van der Waals surface area contributed by atoms with Gasteiger partial charge in [0.15, 0.2) is 5.69 Å². The van der Waals surface area contributed by atoms with Crippen molar-refractivity contribution in [3.05, 3.63) is 35.7 Å². The number of aromatic nitrogens is 4. The molecule has 2 N–H and O–H groups in total. The SMILES string of the molecule is Cn1nc(C(=O)NCCN2CCOCC2)cc1-c1cc2nc(C(F)(F)F)ccc2[nH]1. The summed E-state index contributed by atoms with van der Waals surface area (Å²) in [6, 6.07) is 5.38. The minimum atomic E-state index is -4.51. The summed E-state index contributed by atoms with van der Waals surface area (Å²) in [5, 5.41) is 7.07. The van der Waals surface area contributed by atoms with Crippen molar-refractivity contribution in [3.8, 4) is 11.4 Å². The highest BCUT2D eigenvalue weighted by Crippen LogP contribution is 2.30. The molecule has 1 aliphatic heterocycles. The summed E-state index contributed by atoms with van der Waals surface area (Å²) in [7, 11) is 1.67. The van der Waals surface area contributed by atoms with Crippen LogP contribution in [0, 0.1) is 0 Å². The molecule has 1 amide bonds. The number of aryl methyl sites for hydroxylation is 1. The van der Waals surface area contributed by atoms with Crippen LogP contribution in [-0.2, 0) is 18.0 Å². The van der Waals surface area contributed by atoms with Gasteiger partial charge in [-0.1, -0.05) is 0 Å². The number of morpholine rings is 1. The van der Waals surface area contributed by atoms with Crippen molar-refractivity contribution in [2.45, 2.75) is 6.18 Å². The molecule has 11 heteroatoms. The summed E-state index contributed by atoms with van der Waals surface area (Å²) in [6.07, 6.45) is -4.51. The Balaban J connectivity index is 1.47. The van der Waals surface area contributed by atoms with Gasteiger partial charge in [-0.15, -0.1) is 0 Å². The zero-order valence-corrected chi connectivity index (χ0v) is 16.3. The number of amides is 1. The van der Waals surface area contributed by atoms with Crippen molar-refractivity contribution >= 4 is 16.9 Å². The Morgan fingerprint density at radius 2 is 2.03 bits per heavy atom. The molecule has 160 valence electrons. The van der Waals surface area contributed by atoms with Gasteiger partial charge in [0.05, 0.1) is 35.6 Å². The van der Waals surface area contributed by atoms with Crippen LogP contribution in [0.3, 0.4) is 0 Å². The molecule has 1 fully saturated rings. The van der Waals surface area contributed by atoms with Gasteiger partial charge in [0.25, 0.3) is 5.91 Å². The lowest BCUT2D eigenvalue weighted by Crippen LogP contribution is -2.41. The third-order valence-electron chi connectivity index (χ3n) is 4.97. The van der Waals surface area contributed by atoms with Crippen molar-refractivity contribution < 1.29 is 22.7 Å². The Bertz CT molecular complexity index is 1050. The number of ether oxygens (including phenoxy) is 1. The molecule has 0 unspecified atom stereocenters. The van der Waals surface area contributed by atoms with Gasteiger partial charge in [-0.2, -0.15) is 18.3 Å². The number of halogens is 3. The molecule has 3 aromatic heterocycles. The molecule has 0 atom stereocenters. The smallest absolute Gasteiger partial charge is 0.379 e. The second kappa shape index (κ2) is 8.07. The fraction of sp³-hybridized carbons (Fsp3) is 0.421. The fourth-order valence-electron chi connectivity index (χ4n) is 3.38. The summed E-state index contributed by atoms with van der Waals surface area (Å²) in [5.41, 5.74) is 1.04. The molecule has 0 aliphatic carbocycles. The van der Waals surface area contributed by atoms with Crippen LogP contribution in [0.2, 0.25) is 0 Å². The van der Waals surface area contributed by atoms with E-state index in [1.807, 2.05) is 0 Å². The predicted octanol–water partition coefficient (Wildman–Crippen LogP) is 2.04. The van der Waals surface area contributed by atoms with E-state index in [0.29, 0.717) is 36.7 Å². The first-order chi connectivity index (χ1) is 14.3. The number of carbonyl (C=O) groups is 1. The maximum absolute atomic E-state index is 12.9. The van der Waals surface area contributed by atoms with E-state index in [1.54, 1.807) is 13.1 Å². The van der Waals surface area contributed by atoms with E-state index >= 15 is 0 Å². The fourth-order valence-corrected chi connectivity index (χ4v) is 3.38. The highest BCUT2D eigenvalue weighted by Gasteiger charge is 2.32. The van der Waals surface area contributed by atoms with Crippen molar-refractivity contribution in [2.24, 2.45) is 7.05 Å². The van der Waals surface area contributed by atoms with Crippen LogP contribution in [0.5, 0.6) is 0 Å². The van der Waals surface area contributed by atoms with Crippen molar-refractivity contribution in [3.63, 3.8) is 0 Å². The standard InChI is InChI=1S/C19H21F3N6O2/c1-27-16(14-10-13-12(24-14)2-3-17(25-13)19(20,21)22)11-15(26-27)18(29)23-4-5-28-6-8-30-9-7-28/h2-3,10-11,24H,4-9H2,1H3,(H,23,29). The molecule has 1 aliphatic rings. The Labute approximate surface area is 170 Å². The number of hydrogen-bond donors (Lipinski definition) is 2. The van der Waals surface area contributed by atoms with E-state index in [1.165, 1.54) is 16.8 Å². The van der Waals surface area contributed by atoms with E-state index in [2.05, 4.69) is 25.3 Å². The monoisotopic (exact) mass is 422 g/mol. The highest BCUT2D eigenvalue weighted by atomic mass is 19.4. The number of pyridine rings is 1. The van der Waals surface area contributed by atoms with Gasteiger partial charge in [-0.05, 0) is 24.3 Å². The molecule has 4 rings (SSSR count). The molecule has 0 radical (unpaired) electrons. The maximum Gasteiger partial charge on any atom is 0.433 e. The van der Waals surface area contributed by atoms with Gasteiger partial charge in [0.2, 0.25) is 0 Å². The number of H-pyrrole nitrogens is 1. The van der Waals surface area contributed by atoms with E-state index in [-0.39, 0.29) is 17.1 Å². The van der Waals surface area contributed by atoms with Crippen molar-refractivity contribution in [1.82, 2.24) is 30.0 Å². The third kappa shape index (κ3) is 4.31. The Kier molecular flexibility index (Phi) is 5.48. The zero-order valence-electron chi connectivity index (χ0n) is 16.3. The summed E-state index contributed by atoms with van der Waals surface area (Å²) < 4.78 is 45.4. The third-order valence-corrected chi connectivity index (χ3v) is 4.97. The molecule has 3 aromatic rings. The van der Waals surface area contributed by atoms with E-state index in [0.717, 1.165) is 25.7 Å². The van der Waals surface area contributed by atoms with E-state index in [4.69, 9.17) is 4.74 Å². The molecule has 0 spiro atoms. The Morgan fingerprint density at radius 3 is 2.77 bits per heavy atom. The second-order valence-corrected chi connectivity index (χ2v) is 7.06. The molecule has 0 bridgehead atoms. The van der Waals surface area contributed by atoms with Gasteiger partial charge < -0.3 is 15.0 Å². The quantitative estimate of drug-likeness (QED) is 0.657. The average molecular weight is 422 g/mol. The van der Waals surface area contributed by atoms with E-state index in [9.17, 15) is 18.0 Å². The Morgan fingerprint density at radius 1 is 1.27 bits per heavy atom. The molecule has 4 heterocycles. The number of fused-ring (bicyclic) bond motifs is 1. The molecule has 0 aromatic carbocycles. The molecule has 0 saturated carbocycles. The van der Waals surface area contributed by atoms with Crippen LogP contribution in [0.25, 0.3) is 22.4 Å². The van der Waals surface area contributed by atoms with Crippen LogP contribution >= 0.6 is 0 Å². The van der Waals surface area contributed by atoms with Gasteiger partial charge in [0, 0.05) is 33.2 Å². The van der Waals surface area contributed by atoms with E-state index < -0.39 is 11.9 Å². The number of hydrogen-bond acceptors (Lipinski definition) is 5. The first-order valence-electron chi connectivity index (χ1n) is 9.51. The summed E-state index contributed by atoms with van der Waals surface area (Å²) in [4.78, 5) is 21.3. The number of carbonyl (C=O) groups excluding carboxylic acids is 1. The summed E-state index contributed by atoms with van der Waals surface area (Å²) in [5.74, 6) is -0.307. The second-order valence-electron chi connectivity index (χ2n) is 7.06. The normalized spacial score (nSPS) is 15.6. The number of nitrogens with zero attached hydrogens (tertiary/aromatic N) is 4. The number of aromatic amines is 1. The number of nitrogens with one attached hydrogen (secondary N) is 2. The lowest BCUT2D eigenvalue weighted by Gasteiger charge is -2.26. The van der Waals surface area contributed by atoms with Gasteiger partial charge in [-0.25, -0.2) is 4.98 Å². The van der Waals surface area contributed by atoms with Gasteiger partial charge in [-0.3, -0.25) is 14.4 Å². The molecular formula is C19H21F3N6O2. The average Bonchev–Trinajstić information content (AvgIpc) is 3.30. The van der Waals surface area contributed by atoms with Crippen LogP contribution < -0.4 is 5.32 Å². The molecular weight excluding hydrogens is 401 g/mol. The molecule has 1 saturated heterocycles. The topological polar surface area (TPSA) is 88.1 Å². The van der Waals surface area contributed by atoms with Crippen molar-refractivity contribution in [1.29, 1.82) is 0 Å². The summed E-state index contributed by atoms with van der Waals surface area (Å²) >= 11 is 0. The first kappa shape index (κ1) is 20.4. The van der Waals surface area contributed by atoms with Gasteiger partial charge >= 0.3 is 6.18 Å².